The largest absolute Gasteiger partial charge is 0.356 e. The third kappa shape index (κ3) is 5.09. The lowest BCUT2D eigenvalue weighted by molar-refractivity contribution is -0.122. The molecule has 1 aromatic carbocycles. The van der Waals surface area contributed by atoms with Gasteiger partial charge in [-0.05, 0) is 48.6 Å². The van der Waals surface area contributed by atoms with E-state index in [1.54, 1.807) is 23.9 Å². The lowest BCUT2D eigenvalue weighted by atomic mass is 10.1. The maximum Gasteiger partial charge on any atom is 0.223 e. The zero-order valence-corrected chi connectivity index (χ0v) is 16.9. The number of aryl methyl sites for hydroxylation is 1. The highest BCUT2D eigenvalue weighted by Gasteiger charge is 2.43. The maximum absolute atomic E-state index is 13.0. The van der Waals surface area contributed by atoms with Crippen LogP contribution in [0.15, 0.2) is 29.4 Å². The molecule has 7 heteroatoms. The Morgan fingerprint density at radius 1 is 1.33 bits per heavy atom. The van der Waals surface area contributed by atoms with Crippen LogP contribution in [0.5, 0.6) is 0 Å². The SMILES string of the molecule is CSc1nnc(CCCNC(=O)C2CC2c2ccc(F)cc2)n1CC(C)C. The standard InChI is InChI=1S/C20H27FN4OS/c1-13(2)12-25-18(23-24-20(25)27-3)5-4-10-22-19(26)17-11-16(17)14-6-8-15(21)9-7-14/h6-9,13,16-17H,4-5,10-12H2,1-3H3,(H,22,26). The predicted octanol–water partition coefficient (Wildman–Crippen LogP) is 3.65. The molecule has 1 fully saturated rings. The van der Waals surface area contributed by atoms with Crippen molar-refractivity contribution in [3.63, 3.8) is 0 Å². The normalized spacial score (nSPS) is 18.7. The molecule has 146 valence electrons. The summed E-state index contributed by atoms with van der Waals surface area (Å²) < 4.78 is 15.2. The summed E-state index contributed by atoms with van der Waals surface area (Å²) >= 11 is 1.61. The van der Waals surface area contributed by atoms with Gasteiger partial charge in [0.1, 0.15) is 11.6 Å². The van der Waals surface area contributed by atoms with Gasteiger partial charge in [0.15, 0.2) is 5.16 Å². The Bertz CT molecular complexity index is 775. The quantitative estimate of drug-likeness (QED) is 0.524. The minimum Gasteiger partial charge on any atom is -0.356 e. The van der Waals surface area contributed by atoms with Gasteiger partial charge in [-0.2, -0.15) is 0 Å². The van der Waals surface area contributed by atoms with Crippen molar-refractivity contribution in [3.05, 3.63) is 41.5 Å². The second kappa shape index (κ2) is 8.87. The molecule has 1 saturated carbocycles. The number of carbonyl (C=O) groups excluding carboxylic acids is 1. The van der Waals surface area contributed by atoms with Crippen LogP contribution in [-0.4, -0.2) is 33.5 Å². The number of rotatable bonds is 9. The fourth-order valence-corrected chi connectivity index (χ4v) is 3.88. The van der Waals surface area contributed by atoms with E-state index >= 15 is 0 Å². The minimum absolute atomic E-state index is 0.0168. The fourth-order valence-electron chi connectivity index (χ4n) is 3.36. The lowest BCUT2D eigenvalue weighted by Gasteiger charge is -2.11. The number of hydrogen-bond acceptors (Lipinski definition) is 4. The first-order valence-electron chi connectivity index (χ1n) is 9.48. The topological polar surface area (TPSA) is 59.8 Å². The van der Waals surface area contributed by atoms with Crippen LogP contribution in [0.4, 0.5) is 4.39 Å². The molecule has 1 heterocycles. The van der Waals surface area contributed by atoms with Gasteiger partial charge in [-0.1, -0.05) is 37.7 Å². The average molecular weight is 391 g/mol. The van der Waals surface area contributed by atoms with Gasteiger partial charge in [0.05, 0.1) is 0 Å². The molecule has 1 N–H and O–H groups in total. The molecule has 0 radical (unpaired) electrons. The molecule has 0 spiro atoms. The Morgan fingerprint density at radius 2 is 2.07 bits per heavy atom. The highest BCUT2D eigenvalue weighted by Crippen LogP contribution is 2.47. The summed E-state index contributed by atoms with van der Waals surface area (Å²) in [6.07, 6.45) is 4.49. The second-order valence-corrected chi connectivity index (χ2v) is 8.28. The number of carbonyl (C=O) groups is 1. The van der Waals surface area contributed by atoms with E-state index in [0.29, 0.717) is 12.5 Å². The van der Waals surface area contributed by atoms with E-state index in [9.17, 15) is 9.18 Å². The summed E-state index contributed by atoms with van der Waals surface area (Å²) in [6.45, 7) is 5.91. The number of thioether (sulfide) groups is 1. The van der Waals surface area contributed by atoms with Crippen LogP contribution in [0, 0.1) is 17.7 Å². The van der Waals surface area contributed by atoms with Crippen LogP contribution in [0.25, 0.3) is 0 Å². The van der Waals surface area contributed by atoms with E-state index in [-0.39, 0.29) is 23.6 Å². The summed E-state index contributed by atoms with van der Waals surface area (Å²) in [6, 6.07) is 6.47. The van der Waals surface area contributed by atoms with Crippen molar-refractivity contribution in [2.45, 2.75) is 50.7 Å². The Hall–Kier alpha value is -1.89. The van der Waals surface area contributed by atoms with Crippen LogP contribution in [0.3, 0.4) is 0 Å². The molecule has 0 aliphatic heterocycles. The smallest absolute Gasteiger partial charge is 0.223 e. The summed E-state index contributed by atoms with van der Waals surface area (Å²) in [7, 11) is 0. The Balaban J connectivity index is 1.44. The van der Waals surface area contributed by atoms with E-state index in [2.05, 4.69) is 33.9 Å². The first-order chi connectivity index (χ1) is 13.0. The van der Waals surface area contributed by atoms with Crippen LogP contribution in [-0.2, 0) is 17.8 Å². The highest BCUT2D eigenvalue weighted by atomic mass is 32.2. The summed E-state index contributed by atoms with van der Waals surface area (Å²) in [5, 5.41) is 12.5. The molecule has 1 aliphatic carbocycles. The zero-order chi connectivity index (χ0) is 19.4. The van der Waals surface area contributed by atoms with E-state index < -0.39 is 0 Å². The number of amides is 1. The average Bonchev–Trinajstić information content (AvgIpc) is 3.35. The van der Waals surface area contributed by atoms with Gasteiger partial charge < -0.3 is 9.88 Å². The van der Waals surface area contributed by atoms with Gasteiger partial charge in [0.25, 0.3) is 0 Å². The van der Waals surface area contributed by atoms with Crippen LogP contribution in [0.2, 0.25) is 0 Å². The Labute approximate surface area is 164 Å². The van der Waals surface area contributed by atoms with Crippen LogP contribution in [0.1, 0.15) is 44.0 Å². The van der Waals surface area contributed by atoms with Crippen molar-refractivity contribution >= 4 is 17.7 Å². The van der Waals surface area contributed by atoms with E-state index in [1.165, 1.54) is 12.1 Å². The molecule has 0 saturated heterocycles. The summed E-state index contributed by atoms with van der Waals surface area (Å²) in [4.78, 5) is 12.3. The molecule has 3 rings (SSSR count). The zero-order valence-electron chi connectivity index (χ0n) is 16.1. The van der Waals surface area contributed by atoms with Gasteiger partial charge in [-0.15, -0.1) is 10.2 Å². The van der Waals surface area contributed by atoms with Crippen LogP contribution < -0.4 is 5.32 Å². The van der Waals surface area contributed by atoms with Gasteiger partial charge in [-0.25, -0.2) is 4.39 Å². The molecule has 2 aromatic rings. The molecule has 2 unspecified atom stereocenters. The summed E-state index contributed by atoms with van der Waals surface area (Å²) in [5.74, 6) is 1.61. The first kappa shape index (κ1) is 19.9. The molecule has 0 bridgehead atoms. The molecule has 1 aliphatic rings. The van der Waals surface area contributed by atoms with Gasteiger partial charge >= 0.3 is 0 Å². The molecule has 27 heavy (non-hydrogen) atoms. The third-order valence-corrected chi connectivity index (χ3v) is 5.49. The second-order valence-electron chi connectivity index (χ2n) is 7.50. The minimum atomic E-state index is -0.240. The van der Waals surface area contributed by atoms with E-state index in [0.717, 1.165) is 42.4 Å². The van der Waals surface area contributed by atoms with Crippen molar-refractivity contribution in [2.24, 2.45) is 11.8 Å². The van der Waals surface area contributed by atoms with Gasteiger partial charge in [0, 0.05) is 25.4 Å². The Kier molecular flexibility index (Phi) is 6.52. The number of hydrogen-bond donors (Lipinski definition) is 1. The van der Waals surface area contributed by atoms with Gasteiger partial charge in [0.2, 0.25) is 5.91 Å². The van der Waals surface area contributed by atoms with Crippen molar-refractivity contribution in [1.29, 1.82) is 0 Å². The molecule has 1 aromatic heterocycles. The number of aromatic nitrogens is 3. The number of nitrogens with one attached hydrogen (secondary N) is 1. The number of benzene rings is 1. The monoisotopic (exact) mass is 390 g/mol. The van der Waals surface area contributed by atoms with Gasteiger partial charge in [-0.3, -0.25) is 4.79 Å². The van der Waals surface area contributed by atoms with E-state index in [4.69, 9.17) is 0 Å². The van der Waals surface area contributed by atoms with Crippen molar-refractivity contribution in [1.82, 2.24) is 20.1 Å². The summed E-state index contributed by atoms with van der Waals surface area (Å²) in [5.41, 5.74) is 1.04. The molecule has 2 atom stereocenters. The molecule has 5 nitrogen and oxygen atoms in total. The molecular weight excluding hydrogens is 363 g/mol. The number of halogens is 1. The number of nitrogens with zero attached hydrogens (tertiary/aromatic N) is 3. The fraction of sp³-hybridized carbons (Fsp3) is 0.550. The predicted molar refractivity (Wildman–Crippen MR) is 105 cm³/mol. The first-order valence-corrected chi connectivity index (χ1v) is 10.7. The third-order valence-electron chi connectivity index (χ3n) is 4.83. The Morgan fingerprint density at radius 3 is 2.74 bits per heavy atom. The van der Waals surface area contributed by atoms with Crippen molar-refractivity contribution in [2.75, 3.05) is 12.8 Å². The molecular formula is C20H27FN4OS. The van der Waals surface area contributed by atoms with E-state index in [1.807, 2.05) is 6.26 Å². The van der Waals surface area contributed by atoms with Crippen molar-refractivity contribution in [3.8, 4) is 0 Å². The maximum atomic E-state index is 13.0. The van der Waals surface area contributed by atoms with Crippen molar-refractivity contribution < 1.29 is 9.18 Å². The molecule has 1 amide bonds. The van der Waals surface area contributed by atoms with Crippen LogP contribution >= 0.6 is 11.8 Å². The lowest BCUT2D eigenvalue weighted by Crippen LogP contribution is -2.27. The highest BCUT2D eigenvalue weighted by molar-refractivity contribution is 7.98.